The molecule has 2 aromatic heterocycles. The summed E-state index contributed by atoms with van der Waals surface area (Å²) in [5, 5.41) is 6.68. The van der Waals surface area contributed by atoms with E-state index in [1.54, 1.807) is 12.4 Å². The fraction of sp³-hybridized carbons (Fsp3) is 0.143. The summed E-state index contributed by atoms with van der Waals surface area (Å²) in [5.74, 6) is 1.15. The van der Waals surface area contributed by atoms with Gasteiger partial charge in [-0.1, -0.05) is 42.5 Å². The Hall–Kier alpha value is -3.54. The van der Waals surface area contributed by atoms with Crippen LogP contribution in [0.15, 0.2) is 60.9 Å². The summed E-state index contributed by atoms with van der Waals surface area (Å²) in [6.07, 6.45) is 3.29. The van der Waals surface area contributed by atoms with Gasteiger partial charge in [0.15, 0.2) is 17.0 Å². The van der Waals surface area contributed by atoms with Crippen molar-refractivity contribution in [3.05, 3.63) is 77.6 Å². The Kier molecular flexibility index (Phi) is 4.61. The van der Waals surface area contributed by atoms with E-state index in [1.165, 1.54) is 5.56 Å². The number of rotatable bonds is 5. The monoisotopic (exact) mass is 356 g/mol. The van der Waals surface area contributed by atoms with Crippen LogP contribution in [0.2, 0.25) is 0 Å². The number of aryl methyl sites for hydroxylation is 2. The number of hydrogen-bond donors (Lipinski definition) is 2. The SMILES string of the molecule is Cc1ccc(C)c(Nc2nc(NCc3ccccc3)nc3nccnc23)c1. The fourth-order valence-corrected chi connectivity index (χ4v) is 2.80. The molecule has 2 N–H and O–H groups in total. The molecule has 2 aromatic carbocycles. The molecule has 0 aliphatic heterocycles. The second-order valence-corrected chi connectivity index (χ2v) is 6.41. The zero-order valence-corrected chi connectivity index (χ0v) is 15.3. The predicted octanol–water partition coefficient (Wildman–Crippen LogP) is 4.39. The lowest BCUT2D eigenvalue weighted by atomic mass is 10.1. The molecule has 0 saturated heterocycles. The molecule has 6 heteroatoms. The van der Waals surface area contributed by atoms with Crippen LogP contribution in [0.3, 0.4) is 0 Å². The highest BCUT2D eigenvalue weighted by Crippen LogP contribution is 2.25. The van der Waals surface area contributed by atoms with E-state index in [2.05, 4.69) is 74.7 Å². The van der Waals surface area contributed by atoms with Crippen LogP contribution in [-0.2, 0) is 6.54 Å². The lowest BCUT2D eigenvalue weighted by molar-refractivity contribution is 1.06. The van der Waals surface area contributed by atoms with Gasteiger partial charge in [0.2, 0.25) is 5.95 Å². The third kappa shape index (κ3) is 3.84. The number of fused-ring (bicyclic) bond motifs is 1. The van der Waals surface area contributed by atoms with Crippen molar-refractivity contribution in [2.24, 2.45) is 0 Å². The average Bonchev–Trinajstić information content (AvgIpc) is 2.70. The lowest BCUT2D eigenvalue weighted by Gasteiger charge is -2.13. The zero-order chi connectivity index (χ0) is 18.6. The van der Waals surface area contributed by atoms with E-state index < -0.39 is 0 Å². The van der Waals surface area contributed by atoms with E-state index in [0.29, 0.717) is 29.5 Å². The van der Waals surface area contributed by atoms with Crippen LogP contribution in [0.1, 0.15) is 16.7 Å². The molecule has 0 unspecified atom stereocenters. The van der Waals surface area contributed by atoms with Crippen molar-refractivity contribution in [3.8, 4) is 0 Å². The van der Waals surface area contributed by atoms with Crippen molar-refractivity contribution in [1.82, 2.24) is 19.9 Å². The molecular formula is C21H20N6. The molecular weight excluding hydrogens is 336 g/mol. The van der Waals surface area contributed by atoms with Gasteiger partial charge in [-0.15, -0.1) is 0 Å². The van der Waals surface area contributed by atoms with Gasteiger partial charge >= 0.3 is 0 Å². The fourth-order valence-electron chi connectivity index (χ4n) is 2.80. The Bertz CT molecular complexity index is 1080. The third-order valence-electron chi connectivity index (χ3n) is 4.27. The first-order valence-electron chi connectivity index (χ1n) is 8.80. The predicted molar refractivity (Wildman–Crippen MR) is 108 cm³/mol. The second-order valence-electron chi connectivity index (χ2n) is 6.41. The molecule has 0 spiro atoms. The summed E-state index contributed by atoms with van der Waals surface area (Å²) in [6, 6.07) is 16.4. The Morgan fingerprint density at radius 1 is 0.889 bits per heavy atom. The smallest absolute Gasteiger partial charge is 0.227 e. The minimum Gasteiger partial charge on any atom is -0.350 e. The molecule has 0 radical (unpaired) electrons. The van der Waals surface area contributed by atoms with E-state index in [1.807, 2.05) is 18.2 Å². The first-order chi connectivity index (χ1) is 13.2. The topological polar surface area (TPSA) is 75.6 Å². The molecule has 0 saturated carbocycles. The van der Waals surface area contributed by atoms with Gasteiger partial charge in [0.05, 0.1) is 0 Å². The van der Waals surface area contributed by atoms with Gasteiger partial charge < -0.3 is 10.6 Å². The van der Waals surface area contributed by atoms with Gasteiger partial charge in [0.1, 0.15) is 0 Å². The van der Waals surface area contributed by atoms with Crippen molar-refractivity contribution in [2.45, 2.75) is 20.4 Å². The van der Waals surface area contributed by atoms with Crippen LogP contribution in [-0.4, -0.2) is 19.9 Å². The Balaban J connectivity index is 1.69. The number of aromatic nitrogens is 4. The maximum atomic E-state index is 4.65. The lowest BCUT2D eigenvalue weighted by Crippen LogP contribution is -2.07. The van der Waals surface area contributed by atoms with Crippen LogP contribution < -0.4 is 10.6 Å². The highest BCUT2D eigenvalue weighted by Gasteiger charge is 2.11. The van der Waals surface area contributed by atoms with Gasteiger partial charge in [-0.2, -0.15) is 9.97 Å². The first-order valence-corrected chi connectivity index (χ1v) is 8.80. The molecule has 0 fully saturated rings. The van der Waals surface area contributed by atoms with Gasteiger partial charge in [0.25, 0.3) is 0 Å². The molecule has 0 atom stereocenters. The maximum Gasteiger partial charge on any atom is 0.227 e. The highest BCUT2D eigenvalue weighted by atomic mass is 15.2. The highest BCUT2D eigenvalue weighted by molar-refractivity contribution is 5.86. The molecule has 0 bridgehead atoms. The van der Waals surface area contributed by atoms with Crippen LogP contribution in [0.5, 0.6) is 0 Å². The summed E-state index contributed by atoms with van der Waals surface area (Å²) >= 11 is 0. The molecule has 0 amide bonds. The van der Waals surface area contributed by atoms with E-state index in [9.17, 15) is 0 Å². The number of nitrogens with zero attached hydrogens (tertiary/aromatic N) is 4. The van der Waals surface area contributed by atoms with Gasteiger partial charge in [-0.3, -0.25) is 0 Å². The van der Waals surface area contributed by atoms with E-state index in [-0.39, 0.29) is 0 Å². The summed E-state index contributed by atoms with van der Waals surface area (Å²) < 4.78 is 0. The second kappa shape index (κ2) is 7.37. The van der Waals surface area contributed by atoms with Crippen LogP contribution >= 0.6 is 0 Å². The molecule has 27 heavy (non-hydrogen) atoms. The Labute approximate surface area is 157 Å². The standard InChI is InChI=1S/C21H20N6/c1-14-8-9-15(2)17(12-14)25-20-18-19(23-11-10-22-18)26-21(27-20)24-13-16-6-4-3-5-7-16/h3-12H,13H2,1-2H3,(H2,23,24,25,26,27). The summed E-state index contributed by atoms with van der Waals surface area (Å²) in [7, 11) is 0. The van der Waals surface area contributed by atoms with Crippen LogP contribution in [0.4, 0.5) is 17.5 Å². The number of nitrogens with one attached hydrogen (secondary N) is 2. The number of anilines is 3. The molecule has 0 aliphatic carbocycles. The maximum absolute atomic E-state index is 4.65. The van der Waals surface area contributed by atoms with Crippen molar-refractivity contribution in [2.75, 3.05) is 10.6 Å². The van der Waals surface area contributed by atoms with Crippen molar-refractivity contribution in [1.29, 1.82) is 0 Å². The molecule has 134 valence electrons. The largest absolute Gasteiger partial charge is 0.350 e. The van der Waals surface area contributed by atoms with Crippen LogP contribution in [0, 0.1) is 13.8 Å². The van der Waals surface area contributed by atoms with Gasteiger partial charge in [-0.05, 0) is 36.6 Å². The molecule has 2 heterocycles. The van der Waals surface area contributed by atoms with Crippen molar-refractivity contribution < 1.29 is 0 Å². The Morgan fingerprint density at radius 3 is 2.56 bits per heavy atom. The average molecular weight is 356 g/mol. The van der Waals surface area contributed by atoms with Gasteiger partial charge in [-0.25, -0.2) is 9.97 Å². The minimum absolute atomic E-state index is 0.514. The van der Waals surface area contributed by atoms with Crippen molar-refractivity contribution in [3.63, 3.8) is 0 Å². The minimum atomic E-state index is 0.514. The molecule has 0 aliphatic rings. The number of benzene rings is 2. The zero-order valence-electron chi connectivity index (χ0n) is 15.3. The van der Waals surface area contributed by atoms with Crippen LogP contribution in [0.25, 0.3) is 11.2 Å². The van der Waals surface area contributed by atoms with E-state index in [0.717, 1.165) is 16.8 Å². The molecule has 6 nitrogen and oxygen atoms in total. The third-order valence-corrected chi connectivity index (χ3v) is 4.27. The van der Waals surface area contributed by atoms with Crippen molar-refractivity contribution >= 4 is 28.6 Å². The van der Waals surface area contributed by atoms with E-state index >= 15 is 0 Å². The first kappa shape index (κ1) is 16.9. The van der Waals surface area contributed by atoms with Gasteiger partial charge in [0, 0.05) is 24.6 Å². The quantitative estimate of drug-likeness (QED) is 0.552. The summed E-state index contributed by atoms with van der Waals surface area (Å²) in [6.45, 7) is 4.76. The normalized spacial score (nSPS) is 10.7. The molecule has 4 aromatic rings. The summed E-state index contributed by atoms with van der Waals surface area (Å²) in [5.41, 5.74) is 5.66. The van der Waals surface area contributed by atoms with E-state index in [4.69, 9.17) is 0 Å². The molecule has 4 rings (SSSR count). The summed E-state index contributed by atoms with van der Waals surface area (Å²) in [4.78, 5) is 17.9. The number of hydrogen-bond acceptors (Lipinski definition) is 6. The Morgan fingerprint density at radius 2 is 1.70 bits per heavy atom.